The van der Waals surface area contributed by atoms with Crippen LogP contribution in [-0.4, -0.2) is 79.6 Å². The number of aliphatic carboxylic acids is 1. The van der Waals surface area contributed by atoms with Gasteiger partial charge in [0.2, 0.25) is 5.91 Å². The molecule has 0 aromatic rings. The standard InChI is InChI=1S/C11H22N4O4/c1-4-12-11(19)13-9(16)7-15(8-10(17)18)6-5-14(2)3/h4-8H2,1-3H3,(H,17,18)(H2,12,13,16,19). The summed E-state index contributed by atoms with van der Waals surface area (Å²) < 4.78 is 0. The van der Waals surface area contributed by atoms with Crippen molar-refractivity contribution in [2.24, 2.45) is 0 Å². The third-order valence-electron chi connectivity index (χ3n) is 2.18. The largest absolute Gasteiger partial charge is 0.480 e. The molecule has 0 aromatic carbocycles. The fourth-order valence-corrected chi connectivity index (χ4v) is 1.32. The number of hydrogen-bond donors (Lipinski definition) is 3. The van der Waals surface area contributed by atoms with Crippen molar-refractivity contribution < 1.29 is 19.5 Å². The number of carbonyl (C=O) groups excluding carboxylic acids is 2. The first-order valence-corrected chi connectivity index (χ1v) is 6.01. The van der Waals surface area contributed by atoms with Crippen LogP contribution < -0.4 is 10.6 Å². The van der Waals surface area contributed by atoms with E-state index in [-0.39, 0.29) is 13.1 Å². The molecule has 0 fully saturated rings. The summed E-state index contributed by atoms with van der Waals surface area (Å²) in [4.78, 5) is 36.7. The summed E-state index contributed by atoms with van der Waals surface area (Å²) in [6.45, 7) is 2.84. The van der Waals surface area contributed by atoms with Crippen molar-refractivity contribution in [3.63, 3.8) is 0 Å². The molecule has 8 nitrogen and oxygen atoms in total. The van der Waals surface area contributed by atoms with Gasteiger partial charge in [-0.15, -0.1) is 0 Å². The molecular weight excluding hydrogens is 252 g/mol. The molecule has 0 saturated carbocycles. The van der Waals surface area contributed by atoms with Gasteiger partial charge in [0.15, 0.2) is 0 Å². The Kier molecular flexibility index (Phi) is 8.47. The van der Waals surface area contributed by atoms with Crippen molar-refractivity contribution in [3.05, 3.63) is 0 Å². The zero-order valence-corrected chi connectivity index (χ0v) is 11.6. The SMILES string of the molecule is CCNC(=O)NC(=O)CN(CCN(C)C)CC(=O)O. The van der Waals surface area contributed by atoms with E-state index in [1.807, 2.05) is 19.0 Å². The van der Waals surface area contributed by atoms with Crippen molar-refractivity contribution in [1.29, 1.82) is 0 Å². The highest BCUT2D eigenvalue weighted by molar-refractivity contribution is 5.95. The van der Waals surface area contributed by atoms with Gasteiger partial charge in [-0.2, -0.15) is 0 Å². The summed E-state index contributed by atoms with van der Waals surface area (Å²) in [5.41, 5.74) is 0. The smallest absolute Gasteiger partial charge is 0.321 e. The number of hydrogen-bond acceptors (Lipinski definition) is 5. The molecule has 0 saturated heterocycles. The second-order valence-corrected chi connectivity index (χ2v) is 4.32. The van der Waals surface area contributed by atoms with Crippen LogP contribution in [0.2, 0.25) is 0 Å². The molecule has 0 aliphatic rings. The highest BCUT2D eigenvalue weighted by Crippen LogP contribution is 1.90. The number of carboxylic acid groups (broad SMARTS) is 1. The third-order valence-corrected chi connectivity index (χ3v) is 2.18. The van der Waals surface area contributed by atoms with Crippen molar-refractivity contribution in [2.75, 3.05) is 46.8 Å². The molecular formula is C11H22N4O4. The lowest BCUT2D eigenvalue weighted by molar-refractivity contribution is -0.138. The molecule has 0 atom stereocenters. The van der Waals surface area contributed by atoms with Gasteiger partial charge in [-0.1, -0.05) is 0 Å². The molecule has 3 amide bonds. The average Bonchev–Trinajstić information content (AvgIpc) is 2.25. The molecule has 0 bridgehead atoms. The predicted octanol–water partition coefficient (Wildman–Crippen LogP) is -1.22. The molecule has 0 aliphatic carbocycles. The molecule has 110 valence electrons. The van der Waals surface area contributed by atoms with Crippen LogP contribution in [0.1, 0.15) is 6.92 Å². The number of nitrogens with zero attached hydrogens (tertiary/aromatic N) is 2. The first-order valence-electron chi connectivity index (χ1n) is 6.01. The average molecular weight is 274 g/mol. The Balaban J connectivity index is 4.25. The summed E-state index contributed by atoms with van der Waals surface area (Å²) in [6.07, 6.45) is 0. The van der Waals surface area contributed by atoms with Crippen LogP contribution in [0.4, 0.5) is 4.79 Å². The Hall–Kier alpha value is -1.67. The monoisotopic (exact) mass is 274 g/mol. The van der Waals surface area contributed by atoms with Crippen LogP contribution in [0, 0.1) is 0 Å². The summed E-state index contributed by atoms with van der Waals surface area (Å²) in [5.74, 6) is -1.53. The quantitative estimate of drug-likeness (QED) is 0.513. The van der Waals surface area contributed by atoms with Crippen LogP contribution in [0.25, 0.3) is 0 Å². The maximum Gasteiger partial charge on any atom is 0.321 e. The number of nitrogens with one attached hydrogen (secondary N) is 2. The fourth-order valence-electron chi connectivity index (χ4n) is 1.32. The number of imide groups is 1. The number of amides is 3. The van der Waals surface area contributed by atoms with E-state index in [0.717, 1.165) is 0 Å². The molecule has 0 unspecified atom stereocenters. The molecule has 0 aromatic heterocycles. The first-order chi connectivity index (χ1) is 8.85. The molecule has 0 aliphatic heterocycles. The fraction of sp³-hybridized carbons (Fsp3) is 0.727. The number of carbonyl (C=O) groups is 3. The molecule has 0 heterocycles. The Morgan fingerprint density at radius 3 is 2.21 bits per heavy atom. The van der Waals surface area contributed by atoms with Gasteiger partial charge in [-0.3, -0.25) is 19.8 Å². The Morgan fingerprint density at radius 1 is 1.11 bits per heavy atom. The molecule has 19 heavy (non-hydrogen) atoms. The zero-order valence-electron chi connectivity index (χ0n) is 11.6. The van der Waals surface area contributed by atoms with Gasteiger partial charge < -0.3 is 15.3 Å². The second kappa shape index (κ2) is 9.29. The van der Waals surface area contributed by atoms with Crippen LogP contribution in [0.3, 0.4) is 0 Å². The number of likely N-dealkylation sites (N-methyl/N-ethyl adjacent to an activating group) is 1. The predicted molar refractivity (Wildman–Crippen MR) is 69.8 cm³/mol. The van der Waals surface area contributed by atoms with Crippen LogP contribution in [-0.2, 0) is 9.59 Å². The third kappa shape index (κ3) is 9.98. The highest BCUT2D eigenvalue weighted by Gasteiger charge is 2.15. The molecule has 0 radical (unpaired) electrons. The van der Waals surface area contributed by atoms with Crippen molar-refractivity contribution >= 4 is 17.9 Å². The van der Waals surface area contributed by atoms with Gasteiger partial charge in [0.1, 0.15) is 0 Å². The maximum atomic E-state index is 11.5. The number of urea groups is 1. The summed E-state index contributed by atoms with van der Waals surface area (Å²) >= 11 is 0. The second-order valence-electron chi connectivity index (χ2n) is 4.32. The Morgan fingerprint density at radius 2 is 1.74 bits per heavy atom. The highest BCUT2D eigenvalue weighted by atomic mass is 16.4. The lowest BCUT2D eigenvalue weighted by Gasteiger charge is -2.21. The van der Waals surface area contributed by atoms with Crippen LogP contribution in [0.5, 0.6) is 0 Å². The molecule has 8 heteroatoms. The van der Waals surface area contributed by atoms with E-state index in [1.165, 1.54) is 4.90 Å². The number of rotatable bonds is 8. The van der Waals surface area contributed by atoms with E-state index in [0.29, 0.717) is 19.6 Å². The Bertz CT molecular complexity index is 320. The van der Waals surface area contributed by atoms with Crippen LogP contribution in [0.15, 0.2) is 0 Å². The molecule has 3 N–H and O–H groups in total. The molecule has 0 rings (SSSR count). The molecule has 0 spiro atoms. The van der Waals surface area contributed by atoms with Crippen molar-refractivity contribution in [2.45, 2.75) is 6.92 Å². The van der Waals surface area contributed by atoms with Gasteiger partial charge in [0.05, 0.1) is 13.1 Å². The lowest BCUT2D eigenvalue weighted by Crippen LogP contribution is -2.46. The van der Waals surface area contributed by atoms with Gasteiger partial charge in [0, 0.05) is 19.6 Å². The lowest BCUT2D eigenvalue weighted by atomic mass is 10.4. The minimum atomic E-state index is -1.01. The normalized spacial score (nSPS) is 10.6. The first kappa shape index (κ1) is 17.3. The van der Waals surface area contributed by atoms with Gasteiger partial charge in [0.25, 0.3) is 0 Å². The minimum absolute atomic E-state index is 0.128. The van der Waals surface area contributed by atoms with E-state index < -0.39 is 17.9 Å². The number of carboxylic acids is 1. The van der Waals surface area contributed by atoms with Gasteiger partial charge in [-0.05, 0) is 21.0 Å². The maximum absolute atomic E-state index is 11.5. The van der Waals surface area contributed by atoms with Crippen molar-refractivity contribution in [1.82, 2.24) is 20.4 Å². The topological polar surface area (TPSA) is 102 Å². The Labute approximate surface area is 112 Å². The summed E-state index contributed by atoms with van der Waals surface area (Å²) in [5, 5.41) is 13.3. The van der Waals surface area contributed by atoms with Crippen molar-refractivity contribution in [3.8, 4) is 0 Å². The minimum Gasteiger partial charge on any atom is -0.480 e. The van der Waals surface area contributed by atoms with Gasteiger partial charge >= 0.3 is 12.0 Å². The van der Waals surface area contributed by atoms with Gasteiger partial charge in [-0.25, -0.2) is 4.79 Å². The van der Waals surface area contributed by atoms with E-state index >= 15 is 0 Å². The summed E-state index contributed by atoms with van der Waals surface area (Å²) in [6, 6.07) is -0.574. The van der Waals surface area contributed by atoms with E-state index in [2.05, 4.69) is 10.6 Å². The zero-order chi connectivity index (χ0) is 14.8. The van der Waals surface area contributed by atoms with Crippen LogP contribution >= 0.6 is 0 Å². The van der Waals surface area contributed by atoms with E-state index in [9.17, 15) is 14.4 Å². The summed E-state index contributed by atoms with van der Waals surface area (Å²) in [7, 11) is 3.71. The van der Waals surface area contributed by atoms with E-state index in [4.69, 9.17) is 5.11 Å². The van der Waals surface area contributed by atoms with E-state index in [1.54, 1.807) is 6.92 Å².